The van der Waals surface area contributed by atoms with E-state index in [0.717, 1.165) is 5.56 Å². The molecule has 3 rings (SSSR count). The van der Waals surface area contributed by atoms with E-state index in [0.29, 0.717) is 22.7 Å². The van der Waals surface area contributed by atoms with E-state index in [4.69, 9.17) is 4.42 Å². The molecular formula is C15H15N3O3S. The summed E-state index contributed by atoms with van der Waals surface area (Å²) in [6.45, 7) is 1.92. The Labute approximate surface area is 130 Å². The lowest BCUT2D eigenvalue weighted by Gasteiger charge is -2.11. The summed E-state index contributed by atoms with van der Waals surface area (Å²) in [6, 6.07) is 6.68. The predicted octanol–water partition coefficient (Wildman–Crippen LogP) is 3.05. The standard InChI is InChI=1S/C15H15N3O3S/c1-9-17-12-6-11(2-3-14(12)21-9)18-15(20)16-7-13(19)10-4-5-22-8-10/h2-6,8,13,19H,7H2,1H3,(H2,16,18,20). The first-order valence-corrected chi connectivity index (χ1v) is 7.68. The lowest BCUT2D eigenvalue weighted by molar-refractivity contribution is 0.175. The second-order valence-electron chi connectivity index (χ2n) is 4.82. The largest absolute Gasteiger partial charge is 0.441 e. The molecule has 1 unspecified atom stereocenters. The van der Waals surface area contributed by atoms with Crippen molar-refractivity contribution in [2.24, 2.45) is 0 Å². The number of amides is 2. The quantitative estimate of drug-likeness (QED) is 0.690. The van der Waals surface area contributed by atoms with Crippen LogP contribution in [0, 0.1) is 6.92 Å². The van der Waals surface area contributed by atoms with E-state index in [-0.39, 0.29) is 12.6 Å². The number of rotatable bonds is 4. The molecule has 2 aromatic heterocycles. The Kier molecular flexibility index (Phi) is 4.08. The van der Waals surface area contributed by atoms with Crippen LogP contribution in [0.1, 0.15) is 17.6 Å². The highest BCUT2D eigenvalue weighted by Crippen LogP contribution is 2.19. The van der Waals surface area contributed by atoms with Crippen molar-refractivity contribution < 1.29 is 14.3 Å². The molecular weight excluding hydrogens is 302 g/mol. The van der Waals surface area contributed by atoms with Crippen molar-refractivity contribution in [3.8, 4) is 0 Å². The number of benzene rings is 1. The molecule has 1 atom stereocenters. The predicted molar refractivity (Wildman–Crippen MR) is 85.0 cm³/mol. The van der Waals surface area contributed by atoms with Crippen LogP contribution >= 0.6 is 11.3 Å². The first kappa shape index (κ1) is 14.6. The molecule has 0 aliphatic heterocycles. The van der Waals surface area contributed by atoms with E-state index < -0.39 is 6.10 Å². The summed E-state index contributed by atoms with van der Waals surface area (Å²) in [4.78, 5) is 16.1. The van der Waals surface area contributed by atoms with Gasteiger partial charge in [0.15, 0.2) is 11.5 Å². The number of anilines is 1. The number of hydrogen-bond acceptors (Lipinski definition) is 5. The maximum atomic E-state index is 11.9. The number of thiophene rings is 1. The van der Waals surface area contributed by atoms with Gasteiger partial charge < -0.3 is 20.2 Å². The van der Waals surface area contributed by atoms with Crippen molar-refractivity contribution in [2.45, 2.75) is 13.0 Å². The number of oxazole rings is 1. The Morgan fingerprint density at radius 1 is 1.45 bits per heavy atom. The molecule has 7 heteroatoms. The van der Waals surface area contributed by atoms with E-state index in [1.807, 2.05) is 16.8 Å². The minimum Gasteiger partial charge on any atom is -0.441 e. The molecule has 2 amide bonds. The van der Waals surface area contributed by atoms with Crippen molar-refractivity contribution in [3.05, 3.63) is 46.5 Å². The Hall–Kier alpha value is -2.38. The Morgan fingerprint density at radius 2 is 2.32 bits per heavy atom. The van der Waals surface area contributed by atoms with Gasteiger partial charge in [0.1, 0.15) is 5.52 Å². The first-order chi connectivity index (χ1) is 10.6. The number of aromatic nitrogens is 1. The zero-order chi connectivity index (χ0) is 15.5. The minimum atomic E-state index is -0.710. The van der Waals surface area contributed by atoms with Crippen LogP contribution in [-0.2, 0) is 0 Å². The van der Waals surface area contributed by atoms with Crippen LogP contribution in [0.4, 0.5) is 10.5 Å². The fraction of sp³-hybridized carbons (Fsp3) is 0.200. The molecule has 0 aliphatic rings. The molecule has 0 aliphatic carbocycles. The van der Waals surface area contributed by atoms with Gasteiger partial charge in [0, 0.05) is 19.2 Å². The van der Waals surface area contributed by atoms with Crippen LogP contribution in [0.5, 0.6) is 0 Å². The van der Waals surface area contributed by atoms with E-state index in [1.165, 1.54) is 11.3 Å². The maximum absolute atomic E-state index is 11.9. The molecule has 0 saturated carbocycles. The summed E-state index contributed by atoms with van der Waals surface area (Å²) < 4.78 is 5.38. The highest BCUT2D eigenvalue weighted by Gasteiger charge is 2.10. The van der Waals surface area contributed by atoms with Gasteiger partial charge in [-0.2, -0.15) is 11.3 Å². The molecule has 0 spiro atoms. The smallest absolute Gasteiger partial charge is 0.319 e. The van der Waals surface area contributed by atoms with Crippen molar-refractivity contribution >= 4 is 34.2 Å². The van der Waals surface area contributed by atoms with Crippen LogP contribution in [-0.4, -0.2) is 22.7 Å². The zero-order valence-corrected chi connectivity index (χ0v) is 12.7. The second kappa shape index (κ2) is 6.17. The van der Waals surface area contributed by atoms with Gasteiger partial charge in [-0.15, -0.1) is 0 Å². The second-order valence-corrected chi connectivity index (χ2v) is 5.60. The number of hydrogen-bond donors (Lipinski definition) is 3. The SMILES string of the molecule is Cc1nc2cc(NC(=O)NCC(O)c3ccsc3)ccc2o1. The summed E-state index contributed by atoms with van der Waals surface area (Å²) in [7, 11) is 0. The number of carbonyl (C=O) groups is 1. The van der Waals surface area contributed by atoms with Crippen molar-refractivity contribution in [3.63, 3.8) is 0 Å². The molecule has 0 fully saturated rings. The van der Waals surface area contributed by atoms with Crippen LogP contribution in [0.25, 0.3) is 11.1 Å². The molecule has 22 heavy (non-hydrogen) atoms. The highest BCUT2D eigenvalue weighted by molar-refractivity contribution is 7.07. The molecule has 114 valence electrons. The van der Waals surface area contributed by atoms with Crippen molar-refractivity contribution in [2.75, 3.05) is 11.9 Å². The van der Waals surface area contributed by atoms with E-state index in [1.54, 1.807) is 25.1 Å². The van der Waals surface area contributed by atoms with E-state index >= 15 is 0 Å². The molecule has 6 nitrogen and oxygen atoms in total. The van der Waals surface area contributed by atoms with Gasteiger partial charge in [0.05, 0.1) is 6.10 Å². The van der Waals surface area contributed by atoms with Crippen LogP contribution in [0.2, 0.25) is 0 Å². The molecule has 3 aromatic rings. The Balaban J connectivity index is 1.58. The van der Waals surface area contributed by atoms with Crippen LogP contribution in [0.15, 0.2) is 39.4 Å². The fourth-order valence-electron chi connectivity index (χ4n) is 2.07. The average molecular weight is 317 g/mol. The minimum absolute atomic E-state index is 0.147. The monoisotopic (exact) mass is 317 g/mol. The molecule has 2 heterocycles. The Bertz CT molecular complexity index is 783. The normalized spacial score (nSPS) is 12.3. The van der Waals surface area contributed by atoms with Crippen molar-refractivity contribution in [1.29, 1.82) is 0 Å². The number of urea groups is 1. The Morgan fingerprint density at radius 3 is 3.09 bits per heavy atom. The van der Waals surface area contributed by atoms with Gasteiger partial charge in [0.25, 0.3) is 0 Å². The summed E-state index contributed by atoms with van der Waals surface area (Å²) in [6.07, 6.45) is -0.710. The summed E-state index contributed by atoms with van der Waals surface area (Å²) in [5, 5.41) is 19.0. The lowest BCUT2D eigenvalue weighted by atomic mass is 10.2. The third-order valence-corrected chi connectivity index (χ3v) is 3.84. The number of nitrogens with zero attached hydrogens (tertiary/aromatic N) is 1. The van der Waals surface area contributed by atoms with E-state index in [2.05, 4.69) is 15.6 Å². The third kappa shape index (κ3) is 3.26. The summed E-state index contributed by atoms with van der Waals surface area (Å²) >= 11 is 1.50. The number of nitrogens with one attached hydrogen (secondary N) is 2. The average Bonchev–Trinajstić information content (AvgIpc) is 3.12. The number of carbonyl (C=O) groups excluding carboxylic acids is 1. The first-order valence-electron chi connectivity index (χ1n) is 6.74. The molecule has 0 saturated heterocycles. The summed E-state index contributed by atoms with van der Waals surface area (Å²) in [5.41, 5.74) is 2.78. The topological polar surface area (TPSA) is 87.4 Å². The maximum Gasteiger partial charge on any atom is 0.319 e. The van der Waals surface area contributed by atoms with Gasteiger partial charge in [-0.25, -0.2) is 9.78 Å². The van der Waals surface area contributed by atoms with Crippen LogP contribution in [0.3, 0.4) is 0 Å². The number of aliphatic hydroxyl groups is 1. The highest BCUT2D eigenvalue weighted by atomic mass is 32.1. The third-order valence-electron chi connectivity index (χ3n) is 3.14. The molecule has 0 radical (unpaired) electrons. The van der Waals surface area contributed by atoms with Gasteiger partial charge in [-0.05, 0) is 40.6 Å². The molecule has 1 aromatic carbocycles. The number of aryl methyl sites for hydroxylation is 1. The van der Waals surface area contributed by atoms with Gasteiger partial charge >= 0.3 is 6.03 Å². The van der Waals surface area contributed by atoms with Crippen molar-refractivity contribution in [1.82, 2.24) is 10.3 Å². The number of fused-ring (bicyclic) bond motifs is 1. The number of aliphatic hydroxyl groups excluding tert-OH is 1. The lowest BCUT2D eigenvalue weighted by Crippen LogP contribution is -2.32. The van der Waals surface area contributed by atoms with Crippen LogP contribution < -0.4 is 10.6 Å². The van der Waals surface area contributed by atoms with Gasteiger partial charge in [0.2, 0.25) is 0 Å². The van der Waals surface area contributed by atoms with E-state index in [9.17, 15) is 9.90 Å². The van der Waals surface area contributed by atoms with Gasteiger partial charge in [-0.3, -0.25) is 0 Å². The zero-order valence-electron chi connectivity index (χ0n) is 11.9. The molecule has 3 N–H and O–H groups in total. The summed E-state index contributed by atoms with van der Waals surface area (Å²) in [5.74, 6) is 0.579. The fourth-order valence-corrected chi connectivity index (χ4v) is 2.77. The molecule has 0 bridgehead atoms. The van der Waals surface area contributed by atoms with Gasteiger partial charge in [-0.1, -0.05) is 0 Å².